The topological polar surface area (TPSA) is 62.1 Å². The van der Waals surface area contributed by atoms with Gasteiger partial charge in [-0.1, -0.05) is 19.8 Å². The first-order valence-electron chi connectivity index (χ1n) is 3.35. The van der Waals surface area contributed by atoms with Gasteiger partial charge in [0.15, 0.2) is 0 Å². The summed E-state index contributed by atoms with van der Waals surface area (Å²) in [5.74, 6) is 4.92. The monoisotopic (exact) mass is 132 g/mol. The summed E-state index contributed by atoms with van der Waals surface area (Å²) in [5.41, 5.74) is 7.75. The highest BCUT2D eigenvalue weighted by Gasteiger charge is 1.82. The summed E-state index contributed by atoms with van der Waals surface area (Å²) >= 11 is 0. The number of hydrogen-bond donors (Lipinski definition) is 4. The van der Waals surface area contributed by atoms with Gasteiger partial charge in [0.05, 0.1) is 0 Å². The van der Waals surface area contributed by atoms with E-state index in [0.29, 0.717) is 0 Å². The van der Waals surface area contributed by atoms with Crippen LogP contribution in [0.1, 0.15) is 26.2 Å². The molecule has 0 radical (unpaired) electrons. The van der Waals surface area contributed by atoms with Crippen molar-refractivity contribution in [3.63, 3.8) is 0 Å². The predicted octanol–water partition coefficient (Wildman–Crippen LogP) is -0.351. The van der Waals surface area contributed by atoms with Crippen LogP contribution in [0.25, 0.3) is 0 Å². The first-order chi connectivity index (χ1) is 4.41. The molecular formula is C5H16N4. The Bertz CT molecular complexity index is 42.2. The van der Waals surface area contributed by atoms with Gasteiger partial charge in [-0.15, -0.1) is 0 Å². The molecule has 0 aliphatic heterocycles. The van der Waals surface area contributed by atoms with Crippen LogP contribution in [0, 0.1) is 0 Å². The zero-order chi connectivity index (χ0) is 6.95. The lowest BCUT2D eigenvalue weighted by Gasteiger charge is -2.02. The molecule has 4 nitrogen and oxygen atoms in total. The summed E-state index contributed by atoms with van der Waals surface area (Å²) in [6, 6.07) is 0. The Morgan fingerprint density at radius 2 is 2.11 bits per heavy atom. The van der Waals surface area contributed by atoms with Crippen LogP contribution < -0.4 is 22.3 Å². The Hall–Kier alpha value is -0.160. The fourth-order valence-electron chi connectivity index (χ4n) is 0.577. The Balaban J connectivity index is 2.60. The number of hydrogen-bond acceptors (Lipinski definition) is 4. The lowest BCUT2D eigenvalue weighted by Crippen LogP contribution is -2.47. The maximum atomic E-state index is 4.92. The molecule has 4 heteroatoms. The highest BCUT2D eigenvalue weighted by molar-refractivity contribution is 4.39. The van der Waals surface area contributed by atoms with E-state index >= 15 is 0 Å². The van der Waals surface area contributed by atoms with Crippen LogP contribution in [0.5, 0.6) is 0 Å². The Morgan fingerprint density at radius 1 is 1.33 bits per heavy atom. The number of unbranched alkanes of at least 4 members (excludes halogenated alkanes) is 2. The van der Waals surface area contributed by atoms with Gasteiger partial charge in [-0.3, -0.25) is 5.84 Å². The molecule has 0 aliphatic carbocycles. The van der Waals surface area contributed by atoms with Gasteiger partial charge in [0.2, 0.25) is 0 Å². The second kappa shape index (κ2) is 7.84. The zero-order valence-electron chi connectivity index (χ0n) is 5.91. The van der Waals surface area contributed by atoms with Crippen molar-refractivity contribution in [3.8, 4) is 0 Å². The Labute approximate surface area is 56.1 Å². The third-order valence-corrected chi connectivity index (χ3v) is 1.07. The van der Waals surface area contributed by atoms with Gasteiger partial charge >= 0.3 is 0 Å². The molecule has 0 saturated carbocycles. The van der Waals surface area contributed by atoms with Crippen molar-refractivity contribution in [2.75, 3.05) is 6.54 Å². The SMILES string of the molecule is CCCCCNNNN. The molecule has 0 unspecified atom stereocenters. The fourth-order valence-corrected chi connectivity index (χ4v) is 0.577. The van der Waals surface area contributed by atoms with Gasteiger partial charge in [-0.05, 0) is 6.42 Å². The van der Waals surface area contributed by atoms with Gasteiger partial charge in [-0.2, -0.15) is 11.1 Å². The molecule has 0 rings (SSSR count). The zero-order valence-corrected chi connectivity index (χ0v) is 5.91. The molecular weight excluding hydrogens is 116 g/mol. The average molecular weight is 132 g/mol. The first kappa shape index (κ1) is 8.84. The van der Waals surface area contributed by atoms with E-state index in [1.165, 1.54) is 19.3 Å². The minimum absolute atomic E-state index is 0.956. The van der Waals surface area contributed by atoms with Crippen LogP contribution >= 0.6 is 0 Å². The molecule has 0 aromatic carbocycles. The van der Waals surface area contributed by atoms with E-state index in [1.54, 1.807) is 0 Å². The molecule has 0 aliphatic rings. The third-order valence-electron chi connectivity index (χ3n) is 1.07. The van der Waals surface area contributed by atoms with Crippen molar-refractivity contribution in [3.05, 3.63) is 0 Å². The molecule has 0 aromatic heterocycles. The highest BCUT2D eigenvalue weighted by atomic mass is 15.7. The quantitative estimate of drug-likeness (QED) is 0.227. The van der Waals surface area contributed by atoms with Crippen LogP contribution in [0.15, 0.2) is 0 Å². The number of nitrogens with one attached hydrogen (secondary N) is 3. The number of nitrogens with two attached hydrogens (primary N) is 1. The summed E-state index contributed by atoms with van der Waals surface area (Å²) < 4.78 is 0. The lowest BCUT2D eigenvalue weighted by molar-refractivity contribution is 0.435. The highest BCUT2D eigenvalue weighted by Crippen LogP contribution is 1.89. The van der Waals surface area contributed by atoms with Crippen molar-refractivity contribution in [1.29, 1.82) is 0 Å². The van der Waals surface area contributed by atoms with Crippen LogP contribution in [0.4, 0.5) is 0 Å². The van der Waals surface area contributed by atoms with E-state index in [9.17, 15) is 0 Å². The maximum Gasteiger partial charge on any atom is 0.0113 e. The molecule has 0 spiro atoms. The summed E-state index contributed by atoms with van der Waals surface area (Å²) in [5, 5.41) is 0. The van der Waals surface area contributed by atoms with Crippen molar-refractivity contribution < 1.29 is 0 Å². The van der Waals surface area contributed by atoms with Crippen molar-refractivity contribution in [2.45, 2.75) is 26.2 Å². The van der Waals surface area contributed by atoms with Gasteiger partial charge in [0, 0.05) is 6.54 Å². The predicted molar refractivity (Wildman–Crippen MR) is 38.0 cm³/mol. The number of rotatable bonds is 6. The third kappa shape index (κ3) is 7.84. The Morgan fingerprint density at radius 3 is 2.67 bits per heavy atom. The van der Waals surface area contributed by atoms with Crippen molar-refractivity contribution >= 4 is 0 Å². The summed E-state index contributed by atoms with van der Waals surface area (Å²) in [4.78, 5) is 0. The minimum Gasteiger partial charge on any atom is -0.257 e. The average Bonchev–Trinajstić information content (AvgIpc) is 1.89. The molecule has 0 heterocycles. The minimum atomic E-state index is 0.956. The molecule has 56 valence electrons. The van der Waals surface area contributed by atoms with Gasteiger partial charge in [-0.25, -0.2) is 5.43 Å². The van der Waals surface area contributed by atoms with Crippen molar-refractivity contribution in [1.82, 2.24) is 16.5 Å². The molecule has 0 atom stereocenters. The standard InChI is InChI=1S/C5H16N4/c1-2-3-4-5-7-9-8-6/h7-9H,2-6H2,1H3. The van der Waals surface area contributed by atoms with E-state index in [-0.39, 0.29) is 0 Å². The molecule has 9 heavy (non-hydrogen) atoms. The van der Waals surface area contributed by atoms with E-state index in [2.05, 4.69) is 23.4 Å². The van der Waals surface area contributed by atoms with E-state index in [4.69, 9.17) is 5.84 Å². The van der Waals surface area contributed by atoms with Crippen LogP contribution in [0.3, 0.4) is 0 Å². The van der Waals surface area contributed by atoms with E-state index in [0.717, 1.165) is 6.54 Å². The van der Waals surface area contributed by atoms with E-state index in [1.807, 2.05) is 0 Å². The second-order valence-corrected chi connectivity index (χ2v) is 1.90. The van der Waals surface area contributed by atoms with Crippen LogP contribution in [0.2, 0.25) is 0 Å². The van der Waals surface area contributed by atoms with Gasteiger partial charge < -0.3 is 0 Å². The summed E-state index contributed by atoms with van der Waals surface area (Å²) in [6.07, 6.45) is 3.70. The van der Waals surface area contributed by atoms with E-state index < -0.39 is 0 Å². The largest absolute Gasteiger partial charge is 0.257 e. The van der Waals surface area contributed by atoms with Crippen LogP contribution in [-0.4, -0.2) is 6.54 Å². The van der Waals surface area contributed by atoms with Crippen LogP contribution in [-0.2, 0) is 0 Å². The second-order valence-electron chi connectivity index (χ2n) is 1.90. The summed E-state index contributed by atoms with van der Waals surface area (Å²) in [7, 11) is 0. The fraction of sp³-hybridized carbons (Fsp3) is 1.00. The molecule has 0 aromatic rings. The molecule has 0 fully saturated rings. The molecule has 0 saturated heterocycles. The van der Waals surface area contributed by atoms with Gasteiger partial charge in [0.25, 0.3) is 0 Å². The Kier molecular flexibility index (Phi) is 7.70. The summed E-state index contributed by atoms with van der Waals surface area (Å²) in [6.45, 7) is 3.13. The molecule has 0 bridgehead atoms. The number of hydrazine groups is 3. The normalized spacial score (nSPS) is 10.0. The first-order valence-corrected chi connectivity index (χ1v) is 3.35. The molecule has 5 N–H and O–H groups in total. The molecule has 0 amide bonds. The maximum absolute atomic E-state index is 4.92. The van der Waals surface area contributed by atoms with Crippen molar-refractivity contribution in [2.24, 2.45) is 5.84 Å². The van der Waals surface area contributed by atoms with Gasteiger partial charge in [0.1, 0.15) is 0 Å². The lowest BCUT2D eigenvalue weighted by atomic mass is 10.3. The smallest absolute Gasteiger partial charge is 0.0113 e.